The fraction of sp³-hybridized carbons (Fsp3) is 0.647. The Morgan fingerprint density at radius 3 is 2.35 bits per heavy atom. The van der Waals surface area contributed by atoms with Crippen LogP contribution in [0.2, 0.25) is 0 Å². The molecule has 106 valence electrons. The first-order valence-corrected chi connectivity index (χ1v) is 7.97. The van der Waals surface area contributed by atoms with Crippen LogP contribution in [-0.2, 0) is 9.59 Å². The van der Waals surface area contributed by atoms with E-state index in [9.17, 15) is 9.59 Å². The number of hydrogen-bond donors (Lipinski definition) is 0. The SMILES string of the molecule is O=C1[C@@H]2[C@@H](C(=O)N1CCC1=CCCCC1)[C@@H]1C=C[C@@H]2C1. The molecule has 0 N–H and O–H groups in total. The Morgan fingerprint density at radius 1 is 1.05 bits per heavy atom. The molecule has 2 fully saturated rings. The van der Waals surface area contributed by atoms with Crippen LogP contribution in [0.15, 0.2) is 23.8 Å². The van der Waals surface area contributed by atoms with E-state index in [1.807, 2.05) is 0 Å². The summed E-state index contributed by atoms with van der Waals surface area (Å²) in [6.45, 7) is 0.607. The third-order valence-electron chi connectivity index (χ3n) is 5.60. The molecule has 2 bridgehead atoms. The first-order valence-electron chi connectivity index (χ1n) is 7.97. The summed E-state index contributed by atoms with van der Waals surface area (Å²) >= 11 is 0. The van der Waals surface area contributed by atoms with Crippen LogP contribution in [0.4, 0.5) is 0 Å². The molecule has 20 heavy (non-hydrogen) atoms. The van der Waals surface area contributed by atoms with E-state index >= 15 is 0 Å². The van der Waals surface area contributed by atoms with Gasteiger partial charge in [-0.1, -0.05) is 23.8 Å². The molecule has 0 unspecified atom stereocenters. The fourth-order valence-electron chi connectivity index (χ4n) is 4.57. The maximum absolute atomic E-state index is 12.5. The third kappa shape index (κ3) is 1.72. The Balaban J connectivity index is 1.46. The van der Waals surface area contributed by atoms with Gasteiger partial charge in [0, 0.05) is 6.54 Å². The summed E-state index contributed by atoms with van der Waals surface area (Å²) in [5.41, 5.74) is 1.44. The molecule has 4 aliphatic rings. The van der Waals surface area contributed by atoms with Crippen molar-refractivity contribution < 1.29 is 9.59 Å². The van der Waals surface area contributed by atoms with Crippen LogP contribution in [0.3, 0.4) is 0 Å². The van der Waals surface area contributed by atoms with Gasteiger partial charge in [0.1, 0.15) is 0 Å². The quantitative estimate of drug-likeness (QED) is 0.584. The molecule has 3 aliphatic carbocycles. The Hall–Kier alpha value is -1.38. The van der Waals surface area contributed by atoms with E-state index in [4.69, 9.17) is 0 Å². The van der Waals surface area contributed by atoms with Crippen molar-refractivity contribution in [2.24, 2.45) is 23.7 Å². The molecule has 0 aromatic rings. The average molecular weight is 271 g/mol. The zero-order valence-electron chi connectivity index (χ0n) is 11.8. The van der Waals surface area contributed by atoms with E-state index in [1.54, 1.807) is 4.90 Å². The number of carbonyl (C=O) groups excluding carboxylic acids is 2. The minimum atomic E-state index is -0.0298. The highest BCUT2D eigenvalue weighted by Gasteiger charge is 2.58. The molecule has 3 nitrogen and oxygen atoms in total. The molecule has 0 aromatic carbocycles. The molecule has 1 saturated carbocycles. The van der Waals surface area contributed by atoms with Crippen molar-refractivity contribution in [1.82, 2.24) is 4.90 Å². The molecule has 0 aromatic heterocycles. The maximum atomic E-state index is 12.5. The van der Waals surface area contributed by atoms with Crippen molar-refractivity contribution in [3.8, 4) is 0 Å². The predicted octanol–water partition coefficient (Wildman–Crippen LogP) is 2.68. The van der Waals surface area contributed by atoms with E-state index in [2.05, 4.69) is 18.2 Å². The molecule has 1 aliphatic heterocycles. The lowest BCUT2D eigenvalue weighted by atomic mass is 9.85. The second kappa shape index (κ2) is 4.57. The summed E-state index contributed by atoms with van der Waals surface area (Å²) in [5, 5.41) is 0. The largest absolute Gasteiger partial charge is 0.282 e. The van der Waals surface area contributed by atoms with Gasteiger partial charge < -0.3 is 0 Å². The Bertz CT molecular complexity index is 489. The lowest BCUT2D eigenvalue weighted by Crippen LogP contribution is -2.34. The van der Waals surface area contributed by atoms with Crippen LogP contribution in [0.1, 0.15) is 38.5 Å². The van der Waals surface area contributed by atoms with Crippen molar-refractivity contribution in [1.29, 1.82) is 0 Å². The smallest absolute Gasteiger partial charge is 0.233 e. The Labute approximate surface area is 119 Å². The van der Waals surface area contributed by atoms with Crippen LogP contribution in [0, 0.1) is 23.7 Å². The van der Waals surface area contributed by atoms with Gasteiger partial charge in [-0.2, -0.15) is 0 Å². The van der Waals surface area contributed by atoms with Gasteiger partial charge in [0.25, 0.3) is 0 Å². The number of hydrogen-bond acceptors (Lipinski definition) is 2. The van der Waals surface area contributed by atoms with Crippen LogP contribution in [-0.4, -0.2) is 23.3 Å². The van der Waals surface area contributed by atoms with E-state index in [-0.39, 0.29) is 23.7 Å². The molecule has 1 heterocycles. The molecular weight excluding hydrogens is 250 g/mol. The number of imide groups is 1. The van der Waals surface area contributed by atoms with Gasteiger partial charge in [0.05, 0.1) is 11.8 Å². The fourth-order valence-corrected chi connectivity index (χ4v) is 4.57. The van der Waals surface area contributed by atoms with Crippen molar-refractivity contribution >= 4 is 11.8 Å². The normalized spacial score (nSPS) is 38.6. The lowest BCUT2D eigenvalue weighted by molar-refractivity contribution is -0.140. The molecule has 2 amide bonds. The second-order valence-electron chi connectivity index (χ2n) is 6.69. The standard InChI is InChI=1S/C17H21NO2/c19-16-14-12-6-7-13(10-12)15(14)17(20)18(16)9-8-11-4-2-1-3-5-11/h4,6-7,12-15H,1-3,5,8-10H2/t12-,13-,14+,15+/m1/s1. The second-order valence-corrected chi connectivity index (χ2v) is 6.69. The van der Waals surface area contributed by atoms with Gasteiger partial charge >= 0.3 is 0 Å². The maximum Gasteiger partial charge on any atom is 0.233 e. The van der Waals surface area contributed by atoms with Crippen molar-refractivity contribution in [3.63, 3.8) is 0 Å². The average Bonchev–Trinajstić information content (AvgIpc) is 3.13. The summed E-state index contributed by atoms with van der Waals surface area (Å²) in [5.74, 6) is 0.817. The summed E-state index contributed by atoms with van der Waals surface area (Å²) in [4.78, 5) is 26.6. The summed E-state index contributed by atoms with van der Waals surface area (Å²) in [6, 6.07) is 0. The molecule has 0 spiro atoms. The first-order chi connectivity index (χ1) is 9.75. The number of nitrogens with zero attached hydrogens (tertiary/aromatic N) is 1. The van der Waals surface area contributed by atoms with Crippen molar-refractivity contribution in [2.45, 2.75) is 38.5 Å². The number of amides is 2. The molecule has 3 heteroatoms. The van der Waals surface area contributed by atoms with E-state index in [1.165, 1.54) is 18.4 Å². The zero-order chi connectivity index (χ0) is 13.7. The summed E-state index contributed by atoms with van der Waals surface area (Å²) in [6.07, 6.45) is 13.4. The molecule has 4 atom stereocenters. The zero-order valence-corrected chi connectivity index (χ0v) is 11.8. The highest BCUT2D eigenvalue weighted by Crippen LogP contribution is 2.52. The van der Waals surface area contributed by atoms with Gasteiger partial charge in [0.15, 0.2) is 0 Å². The van der Waals surface area contributed by atoms with Crippen LogP contribution >= 0.6 is 0 Å². The van der Waals surface area contributed by atoms with Crippen molar-refractivity contribution in [2.75, 3.05) is 6.54 Å². The van der Waals surface area contributed by atoms with Crippen molar-refractivity contribution in [3.05, 3.63) is 23.8 Å². The lowest BCUT2D eigenvalue weighted by Gasteiger charge is -2.19. The minimum Gasteiger partial charge on any atom is -0.282 e. The summed E-state index contributed by atoms with van der Waals surface area (Å²) < 4.78 is 0. The van der Waals surface area contributed by atoms with Crippen LogP contribution in [0.25, 0.3) is 0 Å². The van der Waals surface area contributed by atoms with Crippen LogP contribution < -0.4 is 0 Å². The highest BCUT2D eigenvalue weighted by molar-refractivity contribution is 6.06. The highest BCUT2D eigenvalue weighted by atomic mass is 16.2. The van der Waals surface area contributed by atoms with E-state index in [0.29, 0.717) is 18.4 Å². The molecule has 1 saturated heterocycles. The number of rotatable bonds is 3. The molecular formula is C17H21NO2. The number of likely N-dealkylation sites (tertiary alicyclic amines) is 1. The van der Waals surface area contributed by atoms with Gasteiger partial charge in [-0.05, 0) is 50.4 Å². The Morgan fingerprint density at radius 2 is 1.75 bits per heavy atom. The number of fused-ring (bicyclic) bond motifs is 5. The van der Waals surface area contributed by atoms with Gasteiger partial charge in [-0.25, -0.2) is 0 Å². The molecule has 4 rings (SSSR count). The predicted molar refractivity (Wildman–Crippen MR) is 75.6 cm³/mol. The monoisotopic (exact) mass is 271 g/mol. The summed E-state index contributed by atoms with van der Waals surface area (Å²) in [7, 11) is 0. The number of carbonyl (C=O) groups is 2. The van der Waals surface area contributed by atoms with E-state index in [0.717, 1.165) is 25.7 Å². The van der Waals surface area contributed by atoms with E-state index < -0.39 is 0 Å². The number of allylic oxidation sites excluding steroid dienone is 3. The van der Waals surface area contributed by atoms with Crippen LogP contribution in [0.5, 0.6) is 0 Å². The van der Waals surface area contributed by atoms with Gasteiger partial charge in [-0.15, -0.1) is 0 Å². The molecule has 0 radical (unpaired) electrons. The Kier molecular flexibility index (Phi) is 2.83. The van der Waals surface area contributed by atoms with Gasteiger partial charge in [-0.3, -0.25) is 14.5 Å². The van der Waals surface area contributed by atoms with Gasteiger partial charge in [0.2, 0.25) is 11.8 Å². The third-order valence-corrected chi connectivity index (χ3v) is 5.60. The topological polar surface area (TPSA) is 37.4 Å². The minimum absolute atomic E-state index is 0.0298. The first kappa shape index (κ1) is 12.4.